The van der Waals surface area contributed by atoms with Gasteiger partial charge in [-0.15, -0.1) is 0 Å². The largest absolute Gasteiger partial charge is 0.392 e. The van der Waals surface area contributed by atoms with E-state index in [1.807, 2.05) is 54.6 Å². The number of carbonyl (C=O) groups is 1. The van der Waals surface area contributed by atoms with Crippen molar-refractivity contribution in [3.63, 3.8) is 0 Å². The van der Waals surface area contributed by atoms with Crippen LogP contribution in [0.1, 0.15) is 42.7 Å². The molecule has 1 aromatic heterocycles. The lowest BCUT2D eigenvalue weighted by Crippen LogP contribution is -2.40. The molecule has 0 radical (unpaired) electrons. The lowest BCUT2D eigenvalue weighted by Gasteiger charge is -2.35. The van der Waals surface area contributed by atoms with Crippen molar-refractivity contribution in [1.29, 1.82) is 0 Å². The smallest absolute Gasteiger partial charge is 0.228 e. The zero-order valence-corrected chi connectivity index (χ0v) is 15.1. The fourth-order valence-electron chi connectivity index (χ4n) is 3.90. The van der Waals surface area contributed by atoms with Crippen molar-refractivity contribution < 1.29 is 14.4 Å². The van der Waals surface area contributed by atoms with E-state index in [1.54, 1.807) is 0 Å². The van der Waals surface area contributed by atoms with Crippen LogP contribution < -0.4 is 0 Å². The molecule has 1 fully saturated rings. The molecule has 138 valence electrons. The highest BCUT2D eigenvalue weighted by Gasteiger charge is 2.42. The van der Waals surface area contributed by atoms with Crippen LogP contribution in [0.15, 0.2) is 59.1 Å². The first-order valence-corrected chi connectivity index (χ1v) is 9.33. The predicted molar refractivity (Wildman–Crippen MR) is 101 cm³/mol. The fourth-order valence-corrected chi connectivity index (χ4v) is 3.90. The Kier molecular flexibility index (Phi) is 4.86. The first-order valence-electron chi connectivity index (χ1n) is 9.33. The van der Waals surface area contributed by atoms with Gasteiger partial charge in [-0.25, -0.2) is 0 Å². The van der Waals surface area contributed by atoms with Crippen molar-refractivity contribution >= 4 is 5.78 Å². The Hall–Kier alpha value is -2.79. The standard InChI is InChI=1S/C22H22N2O3/c25-15-16-9-11-17(12-10-16)21-23-20(27-24-21)14-22(13-5-4-8-19(22)26)18-6-2-1-3-7-18/h1-3,6-7,9-12,25H,4-5,8,13-15H2. The number of rotatable bonds is 5. The number of aliphatic hydroxyl groups is 1. The summed E-state index contributed by atoms with van der Waals surface area (Å²) in [6.45, 7) is -0.000515. The van der Waals surface area contributed by atoms with E-state index in [-0.39, 0.29) is 12.4 Å². The number of Topliss-reactive ketones (excluding diaryl/α,β-unsaturated/α-hetero) is 1. The third kappa shape index (κ3) is 3.43. The first kappa shape index (κ1) is 17.6. The van der Waals surface area contributed by atoms with Gasteiger partial charge in [-0.1, -0.05) is 66.2 Å². The molecule has 1 unspecified atom stereocenters. The van der Waals surface area contributed by atoms with Crippen LogP contribution in [0.3, 0.4) is 0 Å². The van der Waals surface area contributed by atoms with Gasteiger partial charge < -0.3 is 9.63 Å². The number of hydrogen-bond donors (Lipinski definition) is 1. The summed E-state index contributed by atoms with van der Waals surface area (Å²) in [5, 5.41) is 13.3. The van der Waals surface area contributed by atoms with Gasteiger partial charge >= 0.3 is 0 Å². The number of ketones is 1. The van der Waals surface area contributed by atoms with E-state index in [0.29, 0.717) is 24.6 Å². The predicted octanol–water partition coefficient (Wildman–Crippen LogP) is 3.85. The number of aromatic nitrogens is 2. The van der Waals surface area contributed by atoms with Crippen LogP contribution in [0.5, 0.6) is 0 Å². The van der Waals surface area contributed by atoms with Crippen molar-refractivity contribution in [1.82, 2.24) is 10.1 Å². The van der Waals surface area contributed by atoms with E-state index in [0.717, 1.165) is 36.0 Å². The summed E-state index contributed by atoms with van der Waals surface area (Å²) in [6, 6.07) is 17.3. The minimum absolute atomic E-state index is 0.000515. The zero-order valence-electron chi connectivity index (χ0n) is 15.1. The molecule has 1 saturated carbocycles. The summed E-state index contributed by atoms with van der Waals surface area (Å²) in [7, 11) is 0. The monoisotopic (exact) mass is 362 g/mol. The van der Waals surface area contributed by atoms with Crippen molar-refractivity contribution in [2.24, 2.45) is 0 Å². The molecular formula is C22H22N2O3. The van der Waals surface area contributed by atoms with Crippen molar-refractivity contribution in [3.05, 3.63) is 71.6 Å². The van der Waals surface area contributed by atoms with Gasteiger partial charge in [0.15, 0.2) is 0 Å². The summed E-state index contributed by atoms with van der Waals surface area (Å²) in [5.74, 6) is 1.24. The highest BCUT2D eigenvalue weighted by Crippen LogP contribution is 2.39. The molecular weight excluding hydrogens is 340 g/mol. The minimum atomic E-state index is -0.579. The Morgan fingerprint density at radius 1 is 1.04 bits per heavy atom. The molecule has 4 rings (SSSR count). The number of nitrogens with zero attached hydrogens (tertiary/aromatic N) is 2. The summed E-state index contributed by atoms with van der Waals surface area (Å²) in [5.41, 5.74) is 2.11. The molecule has 0 saturated heterocycles. The van der Waals surface area contributed by atoms with Gasteiger partial charge in [0.1, 0.15) is 5.78 Å². The second kappa shape index (κ2) is 7.45. The molecule has 1 heterocycles. The Balaban J connectivity index is 1.64. The van der Waals surface area contributed by atoms with Crippen LogP contribution >= 0.6 is 0 Å². The Bertz CT molecular complexity index is 918. The van der Waals surface area contributed by atoms with Crippen LogP contribution in [0.4, 0.5) is 0 Å². The summed E-state index contributed by atoms with van der Waals surface area (Å²) in [4.78, 5) is 17.5. The molecule has 5 heteroatoms. The Morgan fingerprint density at radius 3 is 2.52 bits per heavy atom. The maximum Gasteiger partial charge on any atom is 0.228 e. The van der Waals surface area contributed by atoms with Gasteiger partial charge in [-0.2, -0.15) is 4.98 Å². The molecule has 0 spiro atoms. The Labute approximate surface area is 158 Å². The van der Waals surface area contributed by atoms with E-state index in [2.05, 4.69) is 10.1 Å². The number of aliphatic hydroxyl groups excluding tert-OH is 1. The Morgan fingerprint density at radius 2 is 1.81 bits per heavy atom. The van der Waals surface area contributed by atoms with E-state index < -0.39 is 5.41 Å². The third-order valence-electron chi connectivity index (χ3n) is 5.43. The van der Waals surface area contributed by atoms with Gasteiger partial charge in [-0.05, 0) is 24.0 Å². The highest BCUT2D eigenvalue weighted by atomic mass is 16.5. The zero-order chi connectivity index (χ0) is 18.7. The SMILES string of the molecule is O=C1CCCCC1(Cc1nc(-c2ccc(CO)cc2)no1)c1ccccc1. The molecule has 1 atom stereocenters. The molecule has 1 N–H and O–H groups in total. The molecule has 1 aliphatic carbocycles. The quantitative estimate of drug-likeness (QED) is 0.746. The van der Waals surface area contributed by atoms with Gasteiger partial charge in [0.05, 0.1) is 12.0 Å². The second-order valence-electron chi connectivity index (χ2n) is 7.12. The van der Waals surface area contributed by atoms with Crippen molar-refractivity contribution in [2.75, 3.05) is 0 Å². The normalized spacial score (nSPS) is 20.0. The topological polar surface area (TPSA) is 76.2 Å². The van der Waals surface area contributed by atoms with E-state index >= 15 is 0 Å². The van der Waals surface area contributed by atoms with Crippen molar-refractivity contribution in [2.45, 2.75) is 44.1 Å². The van der Waals surface area contributed by atoms with E-state index in [9.17, 15) is 4.79 Å². The van der Waals surface area contributed by atoms with E-state index in [1.165, 1.54) is 0 Å². The molecule has 3 aromatic rings. The molecule has 0 bridgehead atoms. The maximum atomic E-state index is 13.0. The molecule has 5 nitrogen and oxygen atoms in total. The van der Waals surface area contributed by atoms with Crippen LogP contribution in [0, 0.1) is 0 Å². The van der Waals surface area contributed by atoms with Gasteiger partial charge in [0, 0.05) is 18.4 Å². The fraction of sp³-hybridized carbons (Fsp3) is 0.318. The molecule has 0 amide bonds. The van der Waals surface area contributed by atoms with Gasteiger partial charge in [-0.3, -0.25) is 4.79 Å². The average molecular weight is 362 g/mol. The lowest BCUT2D eigenvalue weighted by atomic mass is 9.66. The average Bonchev–Trinajstić information content (AvgIpc) is 3.19. The lowest BCUT2D eigenvalue weighted by molar-refractivity contribution is -0.126. The molecule has 2 aromatic carbocycles. The maximum absolute atomic E-state index is 13.0. The number of carbonyl (C=O) groups excluding carboxylic acids is 1. The second-order valence-corrected chi connectivity index (χ2v) is 7.12. The third-order valence-corrected chi connectivity index (χ3v) is 5.43. The van der Waals surface area contributed by atoms with E-state index in [4.69, 9.17) is 9.63 Å². The molecule has 0 aliphatic heterocycles. The van der Waals surface area contributed by atoms with Gasteiger partial charge in [0.2, 0.25) is 11.7 Å². The number of benzene rings is 2. The molecule has 1 aliphatic rings. The van der Waals surface area contributed by atoms with Gasteiger partial charge in [0.25, 0.3) is 0 Å². The summed E-state index contributed by atoms with van der Waals surface area (Å²) in [6.07, 6.45) is 3.79. The van der Waals surface area contributed by atoms with Crippen LogP contribution in [-0.2, 0) is 23.2 Å². The molecule has 27 heavy (non-hydrogen) atoms. The van der Waals surface area contributed by atoms with Crippen LogP contribution in [-0.4, -0.2) is 21.0 Å². The first-order chi connectivity index (χ1) is 13.2. The van der Waals surface area contributed by atoms with Crippen LogP contribution in [0.2, 0.25) is 0 Å². The summed E-state index contributed by atoms with van der Waals surface area (Å²) < 4.78 is 5.51. The summed E-state index contributed by atoms with van der Waals surface area (Å²) >= 11 is 0. The van der Waals surface area contributed by atoms with Crippen molar-refractivity contribution in [3.8, 4) is 11.4 Å². The minimum Gasteiger partial charge on any atom is -0.392 e. The van der Waals surface area contributed by atoms with Crippen LogP contribution in [0.25, 0.3) is 11.4 Å². The number of hydrogen-bond acceptors (Lipinski definition) is 5. The highest BCUT2D eigenvalue weighted by molar-refractivity contribution is 5.91.